The number of alkyl carbamates (subject to hydrolysis) is 1. The summed E-state index contributed by atoms with van der Waals surface area (Å²) in [4.78, 5) is 28.4. The second-order valence-corrected chi connectivity index (χ2v) is 10.5. The summed E-state index contributed by atoms with van der Waals surface area (Å²) in [7, 11) is 3.47. The number of hydrogen-bond donors (Lipinski definition) is 1. The number of hydrogen-bond acceptors (Lipinski definition) is 9. The third-order valence-electron chi connectivity index (χ3n) is 6.35. The molecule has 200 valence electrons. The normalized spacial score (nSPS) is 15.8. The highest BCUT2D eigenvalue weighted by Gasteiger charge is 2.27. The molecule has 3 aromatic heterocycles. The molecule has 1 amide bonds. The maximum atomic E-state index is 12.2. The second-order valence-electron chi connectivity index (χ2n) is 10.5. The first-order chi connectivity index (χ1) is 18.1. The molecule has 4 heterocycles. The standard InChI is InChI=1S/C27H33N7O4/c1-16-22-18(13-33(5)32-22)10-21(23(16)37-15-36-6)25-28-11-17-9-20(12-29-24(17)31-25)34-8-7-19(14-34)30-26(35)38-27(2,3)4/h9-13,19H,7-8,14-15H2,1-6H3,(H,30,35)/t19-/m1/s1. The van der Waals surface area contributed by atoms with Gasteiger partial charge in [-0.1, -0.05) is 0 Å². The SMILES string of the molecule is COCOc1c(-c2ncc3cc(N4CC[C@@H](NC(=O)OC(C)(C)C)C4)cnc3n2)cc2cn(C)nc2c1C. The first kappa shape index (κ1) is 25.7. The van der Waals surface area contributed by atoms with Crippen molar-refractivity contribution in [1.29, 1.82) is 0 Å². The van der Waals surface area contributed by atoms with Gasteiger partial charge in [-0.25, -0.2) is 19.7 Å². The molecule has 1 saturated heterocycles. The van der Waals surface area contributed by atoms with Crippen LogP contribution in [0.2, 0.25) is 0 Å². The van der Waals surface area contributed by atoms with Gasteiger partial charge in [0.1, 0.15) is 11.4 Å². The summed E-state index contributed by atoms with van der Waals surface area (Å²) in [6.07, 6.45) is 5.98. The van der Waals surface area contributed by atoms with E-state index in [4.69, 9.17) is 19.2 Å². The Morgan fingerprint density at radius 3 is 2.76 bits per heavy atom. The fourth-order valence-corrected chi connectivity index (χ4v) is 4.71. The number of aryl methyl sites for hydroxylation is 2. The number of nitrogens with one attached hydrogen (secondary N) is 1. The maximum absolute atomic E-state index is 12.2. The molecule has 5 rings (SSSR count). The van der Waals surface area contributed by atoms with E-state index in [-0.39, 0.29) is 12.8 Å². The third kappa shape index (κ3) is 5.33. The number of fused-ring (bicyclic) bond motifs is 2. The van der Waals surface area contributed by atoms with Crippen LogP contribution in [0.4, 0.5) is 10.5 Å². The number of pyridine rings is 1. The number of rotatable bonds is 6. The van der Waals surface area contributed by atoms with Gasteiger partial charge in [0, 0.05) is 56.0 Å². The van der Waals surface area contributed by atoms with Crippen LogP contribution < -0.4 is 15.0 Å². The summed E-state index contributed by atoms with van der Waals surface area (Å²) in [5, 5.41) is 9.32. The van der Waals surface area contributed by atoms with Gasteiger partial charge in [0.25, 0.3) is 0 Å². The van der Waals surface area contributed by atoms with Gasteiger partial charge in [-0.3, -0.25) is 4.68 Å². The van der Waals surface area contributed by atoms with Crippen molar-refractivity contribution in [1.82, 2.24) is 30.0 Å². The number of amides is 1. The van der Waals surface area contributed by atoms with Gasteiger partial charge in [-0.15, -0.1) is 0 Å². The largest absolute Gasteiger partial charge is 0.466 e. The van der Waals surface area contributed by atoms with E-state index < -0.39 is 11.7 Å². The minimum atomic E-state index is -0.525. The number of nitrogens with zero attached hydrogens (tertiary/aromatic N) is 6. The van der Waals surface area contributed by atoms with Crippen LogP contribution in [0, 0.1) is 6.92 Å². The van der Waals surface area contributed by atoms with Crippen molar-refractivity contribution in [2.75, 3.05) is 31.9 Å². The lowest BCUT2D eigenvalue weighted by molar-refractivity contribution is 0.0505. The monoisotopic (exact) mass is 519 g/mol. The van der Waals surface area contributed by atoms with Gasteiger partial charge in [0.15, 0.2) is 18.3 Å². The molecule has 0 bridgehead atoms. The van der Waals surface area contributed by atoms with E-state index in [0.29, 0.717) is 23.8 Å². The van der Waals surface area contributed by atoms with Crippen LogP contribution in [0.15, 0.2) is 30.7 Å². The second kappa shape index (κ2) is 10.1. The van der Waals surface area contributed by atoms with Crippen molar-refractivity contribution in [3.8, 4) is 17.1 Å². The fourth-order valence-electron chi connectivity index (χ4n) is 4.71. The molecular weight excluding hydrogens is 486 g/mol. The summed E-state index contributed by atoms with van der Waals surface area (Å²) in [6.45, 7) is 9.11. The zero-order valence-corrected chi connectivity index (χ0v) is 22.6. The molecule has 4 aromatic rings. The Morgan fingerprint density at radius 2 is 2.00 bits per heavy atom. The molecule has 0 unspecified atom stereocenters. The van der Waals surface area contributed by atoms with E-state index in [1.807, 2.05) is 59.3 Å². The Hall–Kier alpha value is -3.99. The van der Waals surface area contributed by atoms with Crippen molar-refractivity contribution in [2.24, 2.45) is 7.05 Å². The van der Waals surface area contributed by atoms with Crippen LogP contribution >= 0.6 is 0 Å². The molecule has 1 fully saturated rings. The average Bonchev–Trinajstić information content (AvgIpc) is 3.47. The summed E-state index contributed by atoms with van der Waals surface area (Å²) < 4.78 is 18.3. The van der Waals surface area contributed by atoms with Gasteiger partial charge in [0.05, 0.1) is 29.0 Å². The Morgan fingerprint density at radius 1 is 1.18 bits per heavy atom. The number of anilines is 1. The van der Waals surface area contributed by atoms with Crippen LogP contribution in [0.5, 0.6) is 5.75 Å². The lowest BCUT2D eigenvalue weighted by Crippen LogP contribution is -2.40. The van der Waals surface area contributed by atoms with Crippen LogP contribution in [-0.2, 0) is 16.5 Å². The molecule has 1 aliphatic heterocycles. The fraction of sp³-hybridized carbons (Fsp3) is 0.444. The van der Waals surface area contributed by atoms with Crippen molar-refractivity contribution in [3.63, 3.8) is 0 Å². The number of ether oxygens (including phenoxy) is 3. The van der Waals surface area contributed by atoms with Crippen LogP contribution in [0.25, 0.3) is 33.3 Å². The minimum Gasteiger partial charge on any atom is -0.466 e. The van der Waals surface area contributed by atoms with Gasteiger partial charge in [0.2, 0.25) is 0 Å². The van der Waals surface area contributed by atoms with Crippen LogP contribution in [0.3, 0.4) is 0 Å². The first-order valence-corrected chi connectivity index (χ1v) is 12.6. The van der Waals surface area contributed by atoms with E-state index in [1.54, 1.807) is 18.0 Å². The molecule has 1 N–H and O–H groups in total. The van der Waals surface area contributed by atoms with Gasteiger partial charge in [-0.2, -0.15) is 5.10 Å². The molecule has 1 aliphatic rings. The van der Waals surface area contributed by atoms with Crippen LogP contribution in [-0.4, -0.2) is 69.5 Å². The van der Waals surface area contributed by atoms with Crippen molar-refractivity contribution >= 4 is 33.7 Å². The third-order valence-corrected chi connectivity index (χ3v) is 6.35. The minimum absolute atomic E-state index is 0.00956. The highest BCUT2D eigenvalue weighted by Crippen LogP contribution is 2.37. The highest BCUT2D eigenvalue weighted by molar-refractivity contribution is 5.91. The Bertz CT molecular complexity index is 1490. The molecule has 0 saturated carbocycles. The molecule has 11 nitrogen and oxygen atoms in total. The predicted octanol–water partition coefficient (Wildman–Crippen LogP) is 3.97. The number of aromatic nitrogens is 5. The average molecular weight is 520 g/mol. The van der Waals surface area contributed by atoms with Crippen molar-refractivity contribution in [3.05, 3.63) is 36.3 Å². The Labute approximate surface area is 221 Å². The molecule has 0 aliphatic carbocycles. The Balaban J connectivity index is 1.39. The van der Waals surface area contributed by atoms with Gasteiger partial charge in [-0.05, 0) is 46.2 Å². The molecule has 38 heavy (non-hydrogen) atoms. The van der Waals surface area contributed by atoms with Crippen molar-refractivity contribution in [2.45, 2.75) is 45.8 Å². The maximum Gasteiger partial charge on any atom is 0.407 e. The molecular formula is C27H33N7O4. The topological polar surface area (TPSA) is 117 Å². The quantitative estimate of drug-likeness (QED) is 0.378. The molecule has 0 spiro atoms. The smallest absolute Gasteiger partial charge is 0.407 e. The number of benzene rings is 1. The number of carbonyl (C=O) groups excluding carboxylic acids is 1. The van der Waals surface area contributed by atoms with E-state index in [0.717, 1.165) is 46.1 Å². The van der Waals surface area contributed by atoms with E-state index in [2.05, 4.69) is 25.3 Å². The van der Waals surface area contributed by atoms with E-state index in [1.165, 1.54) is 0 Å². The van der Waals surface area contributed by atoms with Crippen LogP contribution in [0.1, 0.15) is 32.8 Å². The van der Waals surface area contributed by atoms with E-state index in [9.17, 15) is 4.79 Å². The molecule has 11 heteroatoms. The summed E-state index contributed by atoms with van der Waals surface area (Å²) in [6, 6.07) is 4.02. The lowest BCUT2D eigenvalue weighted by Gasteiger charge is -2.22. The highest BCUT2D eigenvalue weighted by atomic mass is 16.7. The molecule has 0 radical (unpaired) electrons. The summed E-state index contributed by atoms with van der Waals surface area (Å²) >= 11 is 0. The summed E-state index contributed by atoms with van der Waals surface area (Å²) in [5.41, 5.74) is 3.52. The Kier molecular flexibility index (Phi) is 6.78. The zero-order chi connectivity index (χ0) is 27.0. The molecule has 1 aromatic carbocycles. The van der Waals surface area contributed by atoms with Crippen molar-refractivity contribution < 1.29 is 19.0 Å². The number of methoxy groups -OCH3 is 1. The summed E-state index contributed by atoms with van der Waals surface area (Å²) in [5.74, 6) is 1.15. The first-order valence-electron chi connectivity index (χ1n) is 12.6. The van der Waals surface area contributed by atoms with Gasteiger partial charge < -0.3 is 24.4 Å². The predicted molar refractivity (Wildman–Crippen MR) is 144 cm³/mol. The lowest BCUT2D eigenvalue weighted by atomic mass is 10.0. The zero-order valence-electron chi connectivity index (χ0n) is 22.6. The number of carbonyl (C=O) groups is 1. The molecule has 1 atom stereocenters. The van der Waals surface area contributed by atoms with E-state index >= 15 is 0 Å². The van der Waals surface area contributed by atoms with Gasteiger partial charge >= 0.3 is 6.09 Å².